The minimum atomic E-state index is -0.833. The van der Waals surface area contributed by atoms with E-state index in [1.54, 1.807) is 0 Å². The summed E-state index contributed by atoms with van der Waals surface area (Å²) in [6.07, 6.45) is 0. The molecule has 5 heteroatoms. The van der Waals surface area contributed by atoms with Gasteiger partial charge in [-0.05, 0) is 0 Å². The molecule has 0 aromatic heterocycles. The Hall–Kier alpha value is -0.297. The summed E-state index contributed by atoms with van der Waals surface area (Å²) in [4.78, 5) is 6.99. The summed E-state index contributed by atoms with van der Waals surface area (Å²) in [6, 6.07) is 9.97. The van der Waals surface area contributed by atoms with E-state index in [-0.39, 0.29) is 0 Å². The van der Waals surface area contributed by atoms with Crippen LogP contribution < -0.4 is 3.56 Å². The van der Waals surface area contributed by atoms with Crippen LogP contribution in [0.4, 0.5) is 0 Å². The standard InChI is InChI=1S/C6H6O.CH3.HO2P.Zn/c7-6-4-2-1-3-5-6;;1-3-2;/h1-5,7H;1H3;(H,1,2);/q;;;+1/p-1. The first-order valence-corrected chi connectivity index (χ1v) is 8.44. The summed E-state index contributed by atoms with van der Waals surface area (Å²) in [5, 5.41) is 0. The molecule has 0 atom stereocenters. The van der Waals surface area contributed by atoms with Crippen LogP contribution in [0, 0.1) is 0 Å². The molecule has 0 unspecified atom stereocenters. The molecule has 0 saturated heterocycles. The predicted octanol–water partition coefficient (Wildman–Crippen LogP) is 2.30. The van der Waals surface area contributed by atoms with Gasteiger partial charge in [-0.3, -0.25) is 0 Å². The Balaban J connectivity index is 0.000000354. The van der Waals surface area contributed by atoms with E-state index in [1.807, 2.05) is 30.3 Å². The number of hydrogen-bond acceptors (Lipinski definition) is 2. The van der Waals surface area contributed by atoms with Crippen molar-refractivity contribution in [3.05, 3.63) is 30.3 Å². The molecule has 0 spiro atoms. The molecule has 1 rings (SSSR count). The van der Waals surface area contributed by atoms with Crippen molar-refractivity contribution in [2.45, 2.75) is 5.52 Å². The van der Waals surface area contributed by atoms with Gasteiger partial charge in [0.05, 0.1) is 0 Å². The molecule has 0 fully saturated rings. The van der Waals surface area contributed by atoms with Crippen LogP contribution in [-0.4, -0.2) is 4.89 Å². The Morgan fingerprint density at radius 1 is 1.42 bits per heavy atom. The normalized spacial score (nSPS) is 7.83. The summed E-state index contributed by atoms with van der Waals surface area (Å²) in [5.74, 6) is 1.03. The van der Waals surface area contributed by atoms with E-state index < -0.39 is 26.2 Å². The fraction of sp³-hybridized carbons (Fsp3) is 0.143. The van der Waals surface area contributed by atoms with Crippen LogP contribution >= 0.6 is 8.69 Å². The number of benzene rings is 1. The topological polar surface area (TPSA) is 46.5 Å². The third-order valence-corrected chi connectivity index (χ3v) is 2.36. The van der Waals surface area contributed by atoms with Gasteiger partial charge in [-0.25, -0.2) is 4.57 Å². The third kappa shape index (κ3) is 6.42. The quantitative estimate of drug-likeness (QED) is 0.634. The summed E-state index contributed by atoms with van der Waals surface area (Å²) < 4.78 is 13.9. The molecule has 0 saturated carbocycles. The summed E-state index contributed by atoms with van der Waals surface area (Å²) in [5.41, 5.74) is 2.17. The van der Waals surface area contributed by atoms with Gasteiger partial charge in [-0.15, -0.1) is 0 Å². The Bertz CT molecular complexity index is 205. The van der Waals surface area contributed by atoms with Gasteiger partial charge in [0, 0.05) is 0 Å². The number of hydrogen-bond donors (Lipinski definition) is 1. The van der Waals surface area contributed by atoms with Crippen molar-refractivity contribution in [3.63, 3.8) is 0 Å². The number of rotatable bonds is 2. The van der Waals surface area contributed by atoms with E-state index >= 15 is 0 Å². The molecule has 62 valence electrons. The first kappa shape index (κ1) is 11.7. The Morgan fingerprint density at radius 2 is 1.92 bits per heavy atom. The number of para-hydroxylation sites is 1. The maximum atomic E-state index is 8.46. The van der Waals surface area contributed by atoms with Crippen molar-refractivity contribution >= 4 is 8.69 Å². The van der Waals surface area contributed by atoms with Gasteiger partial charge >= 0.3 is 71.3 Å². The molecule has 1 aromatic carbocycles. The van der Waals surface area contributed by atoms with Gasteiger partial charge in [0.1, 0.15) is 0 Å². The molecule has 0 aliphatic heterocycles. The molecular weight excluding hydrogens is 228 g/mol. The molecule has 3 nitrogen and oxygen atoms in total. The Labute approximate surface area is 81.0 Å². The second-order valence-electron chi connectivity index (χ2n) is 1.83. The van der Waals surface area contributed by atoms with Crippen molar-refractivity contribution in [1.82, 2.24) is 0 Å². The SMILES string of the molecule is O=PO.[CH3][Zn][O]c1ccccc1. The van der Waals surface area contributed by atoms with Crippen LogP contribution in [0.1, 0.15) is 0 Å². The van der Waals surface area contributed by atoms with E-state index in [9.17, 15) is 0 Å². The second-order valence-corrected chi connectivity index (χ2v) is 3.81. The zero-order valence-corrected chi connectivity index (χ0v) is 10.7. The van der Waals surface area contributed by atoms with E-state index in [1.165, 1.54) is 0 Å². The molecule has 0 bridgehead atoms. The first-order valence-electron chi connectivity index (χ1n) is 3.49. The average Bonchev–Trinajstić information content (AvgIpc) is 2.08. The van der Waals surface area contributed by atoms with E-state index in [4.69, 9.17) is 13.0 Å². The maximum absolute atomic E-state index is 8.46. The van der Waals surface area contributed by atoms with Crippen molar-refractivity contribution < 1.29 is 30.5 Å². The van der Waals surface area contributed by atoms with Gasteiger partial charge in [0.15, 0.2) is 0 Å². The van der Waals surface area contributed by atoms with Crippen molar-refractivity contribution in [3.8, 4) is 5.75 Å². The fourth-order valence-corrected chi connectivity index (χ4v) is 1.79. The van der Waals surface area contributed by atoms with Gasteiger partial charge in [0.2, 0.25) is 0 Å². The van der Waals surface area contributed by atoms with Crippen molar-refractivity contribution in [2.24, 2.45) is 0 Å². The van der Waals surface area contributed by atoms with Gasteiger partial charge in [-0.1, -0.05) is 0 Å². The van der Waals surface area contributed by atoms with Crippen LogP contribution in [0.2, 0.25) is 5.52 Å². The van der Waals surface area contributed by atoms with Crippen LogP contribution in [-0.2, 0) is 22.1 Å². The molecule has 0 aliphatic carbocycles. The first-order chi connectivity index (χ1) is 5.85. The third-order valence-electron chi connectivity index (χ3n) is 1.05. The molecular formula is C7H9O3PZn. The van der Waals surface area contributed by atoms with E-state index in [0.717, 1.165) is 5.75 Å². The predicted molar refractivity (Wildman–Crippen MR) is 42.8 cm³/mol. The van der Waals surface area contributed by atoms with Crippen LogP contribution in [0.15, 0.2) is 30.3 Å². The fourth-order valence-electron chi connectivity index (χ4n) is 0.683. The second kappa shape index (κ2) is 8.80. The minimum absolute atomic E-state index is 0.643. The summed E-state index contributed by atoms with van der Waals surface area (Å²) >= 11 is -0.643. The Morgan fingerprint density at radius 3 is 2.33 bits per heavy atom. The molecule has 1 N–H and O–H groups in total. The zero-order chi connectivity index (χ0) is 9.23. The Kier molecular flexibility index (Phi) is 8.58. The van der Waals surface area contributed by atoms with Crippen LogP contribution in [0.25, 0.3) is 0 Å². The molecule has 0 aliphatic rings. The van der Waals surface area contributed by atoms with Gasteiger partial charge < -0.3 is 4.89 Å². The van der Waals surface area contributed by atoms with E-state index in [0.29, 0.717) is 0 Å². The monoisotopic (exact) mass is 236 g/mol. The molecule has 1 aromatic rings. The van der Waals surface area contributed by atoms with Crippen LogP contribution in [0.5, 0.6) is 5.75 Å². The van der Waals surface area contributed by atoms with E-state index in [2.05, 4.69) is 5.52 Å². The molecule has 12 heavy (non-hydrogen) atoms. The average molecular weight is 238 g/mol. The van der Waals surface area contributed by atoms with Crippen molar-refractivity contribution in [2.75, 3.05) is 0 Å². The molecule has 0 heterocycles. The zero-order valence-electron chi connectivity index (χ0n) is 6.80. The van der Waals surface area contributed by atoms with Gasteiger partial charge in [-0.2, -0.15) is 0 Å². The van der Waals surface area contributed by atoms with Crippen LogP contribution in [0.3, 0.4) is 0 Å². The molecule has 0 radical (unpaired) electrons. The summed E-state index contributed by atoms with van der Waals surface area (Å²) in [6.45, 7) is 0. The van der Waals surface area contributed by atoms with Gasteiger partial charge in [0.25, 0.3) is 0 Å². The van der Waals surface area contributed by atoms with Crippen molar-refractivity contribution in [1.29, 1.82) is 0 Å². The molecule has 0 amide bonds. The summed E-state index contributed by atoms with van der Waals surface area (Å²) in [7, 11) is -0.833.